The molecule has 2 aliphatic rings. The highest BCUT2D eigenvalue weighted by Crippen LogP contribution is 2.28. The Labute approximate surface area is 153 Å². The maximum atomic E-state index is 13.2. The molecule has 0 bridgehead atoms. The van der Waals surface area contributed by atoms with Crippen molar-refractivity contribution in [3.63, 3.8) is 0 Å². The molecule has 2 atom stereocenters. The predicted molar refractivity (Wildman–Crippen MR) is 97.6 cm³/mol. The van der Waals surface area contributed by atoms with Gasteiger partial charge >= 0.3 is 0 Å². The Balaban J connectivity index is 1.47. The quantitative estimate of drug-likeness (QED) is 0.922. The van der Waals surface area contributed by atoms with Crippen LogP contribution in [0, 0.1) is 0 Å². The Morgan fingerprint density at radius 1 is 1.08 bits per heavy atom. The number of hydrogen-bond acceptors (Lipinski definition) is 3. The normalized spacial score (nSPS) is 23.2. The molecular weight excluding hydrogens is 328 g/mol. The SMILES string of the molecule is O=C(C1CCCN1C(=O)c1ccccc1)N1CCCC(c2ncc[nH]2)C1. The summed E-state index contributed by atoms with van der Waals surface area (Å²) >= 11 is 0. The molecule has 0 aliphatic carbocycles. The van der Waals surface area contributed by atoms with Crippen LogP contribution in [0.2, 0.25) is 0 Å². The molecule has 136 valence electrons. The van der Waals surface area contributed by atoms with Gasteiger partial charge in [0.05, 0.1) is 0 Å². The van der Waals surface area contributed by atoms with E-state index in [9.17, 15) is 9.59 Å². The second kappa shape index (κ2) is 7.32. The maximum Gasteiger partial charge on any atom is 0.254 e. The second-order valence-corrected chi connectivity index (χ2v) is 7.12. The summed E-state index contributed by atoms with van der Waals surface area (Å²) in [5, 5.41) is 0. The fraction of sp³-hybridized carbons (Fsp3) is 0.450. The van der Waals surface area contributed by atoms with Crippen molar-refractivity contribution < 1.29 is 9.59 Å². The number of piperidine rings is 1. The van der Waals surface area contributed by atoms with Crippen LogP contribution < -0.4 is 0 Å². The molecule has 2 unspecified atom stereocenters. The minimum absolute atomic E-state index is 0.0407. The van der Waals surface area contributed by atoms with Crippen molar-refractivity contribution >= 4 is 11.8 Å². The molecule has 6 heteroatoms. The van der Waals surface area contributed by atoms with E-state index in [1.807, 2.05) is 41.4 Å². The first-order valence-corrected chi connectivity index (χ1v) is 9.38. The minimum atomic E-state index is -0.335. The predicted octanol–water partition coefficient (Wildman–Crippen LogP) is 2.42. The third kappa shape index (κ3) is 3.23. The van der Waals surface area contributed by atoms with Crippen LogP contribution in [0.1, 0.15) is 47.8 Å². The maximum absolute atomic E-state index is 13.2. The third-order valence-electron chi connectivity index (χ3n) is 5.46. The number of amides is 2. The molecule has 0 radical (unpaired) electrons. The average molecular weight is 352 g/mol. The first-order valence-electron chi connectivity index (χ1n) is 9.38. The summed E-state index contributed by atoms with van der Waals surface area (Å²) in [5.74, 6) is 1.25. The smallest absolute Gasteiger partial charge is 0.254 e. The molecule has 1 N–H and O–H groups in total. The van der Waals surface area contributed by atoms with Crippen molar-refractivity contribution in [3.8, 4) is 0 Å². The van der Waals surface area contributed by atoms with Crippen molar-refractivity contribution in [1.82, 2.24) is 19.8 Å². The van der Waals surface area contributed by atoms with Crippen LogP contribution in [0.3, 0.4) is 0 Å². The number of H-pyrrole nitrogens is 1. The molecule has 0 saturated carbocycles. The number of likely N-dealkylation sites (tertiary alicyclic amines) is 2. The van der Waals surface area contributed by atoms with Crippen LogP contribution >= 0.6 is 0 Å². The summed E-state index contributed by atoms with van der Waals surface area (Å²) in [6.07, 6.45) is 7.22. The third-order valence-corrected chi connectivity index (χ3v) is 5.46. The van der Waals surface area contributed by atoms with Gasteiger partial charge in [-0.15, -0.1) is 0 Å². The van der Waals surface area contributed by atoms with E-state index in [0.717, 1.165) is 38.1 Å². The van der Waals surface area contributed by atoms with Crippen LogP contribution in [-0.2, 0) is 4.79 Å². The Hall–Kier alpha value is -2.63. The molecule has 2 saturated heterocycles. The summed E-state index contributed by atoms with van der Waals surface area (Å²) in [6, 6.07) is 8.91. The van der Waals surface area contributed by atoms with Crippen molar-refractivity contribution in [2.75, 3.05) is 19.6 Å². The lowest BCUT2D eigenvalue weighted by molar-refractivity contribution is -0.136. The standard InChI is InChI=1S/C20H24N4O2/c25-19(15-6-2-1-3-7-15)24-13-5-9-17(24)20(26)23-12-4-8-16(14-23)18-21-10-11-22-18/h1-3,6-7,10-11,16-17H,4-5,8-9,12-14H2,(H,21,22). The van der Waals surface area contributed by atoms with E-state index in [2.05, 4.69) is 9.97 Å². The lowest BCUT2D eigenvalue weighted by Gasteiger charge is -2.35. The summed E-state index contributed by atoms with van der Waals surface area (Å²) in [4.78, 5) is 37.2. The second-order valence-electron chi connectivity index (χ2n) is 7.12. The van der Waals surface area contributed by atoms with Crippen LogP contribution in [0.5, 0.6) is 0 Å². The van der Waals surface area contributed by atoms with Gasteiger partial charge in [0.1, 0.15) is 11.9 Å². The van der Waals surface area contributed by atoms with Gasteiger partial charge in [-0.2, -0.15) is 0 Å². The van der Waals surface area contributed by atoms with Gasteiger partial charge in [-0.25, -0.2) is 4.98 Å². The number of carbonyl (C=O) groups is 2. The van der Waals surface area contributed by atoms with E-state index < -0.39 is 0 Å². The average Bonchev–Trinajstić information content (AvgIpc) is 3.39. The zero-order chi connectivity index (χ0) is 17.9. The first kappa shape index (κ1) is 16.8. The van der Waals surface area contributed by atoms with E-state index in [0.29, 0.717) is 18.7 Å². The molecule has 1 aromatic heterocycles. The molecule has 6 nitrogen and oxygen atoms in total. The number of aromatic amines is 1. The highest BCUT2D eigenvalue weighted by molar-refractivity contribution is 5.98. The number of hydrogen-bond donors (Lipinski definition) is 1. The number of imidazole rings is 1. The summed E-state index contributed by atoms with van der Waals surface area (Å²) in [5.41, 5.74) is 0.652. The van der Waals surface area contributed by atoms with Crippen LogP contribution in [-0.4, -0.2) is 57.3 Å². The monoisotopic (exact) mass is 352 g/mol. The highest BCUT2D eigenvalue weighted by Gasteiger charge is 2.38. The van der Waals surface area contributed by atoms with E-state index >= 15 is 0 Å². The van der Waals surface area contributed by atoms with E-state index in [1.54, 1.807) is 11.1 Å². The van der Waals surface area contributed by atoms with Gasteiger partial charge in [0.2, 0.25) is 5.91 Å². The van der Waals surface area contributed by atoms with Gasteiger partial charge in [-0.1, -0.05) is 18.2 Å². The zero-order valence-electron chi connectivity index (χ0n) is 14.8. The van der Waals surface area contributed by atoms with Crippen LogP contribution in [0.25, 0.3) is 0 Å². The lowest BCUT2D eigenvalue weighted by atomic mass is 9.96. The summed E-state index contributed by atoms with van der Waals surface area (Å²) in [7, 11) is 0. The largest absolute Gasteiger partial charge is 0.348 e. The molecule has 26 heavy (non-hydrogen) atoms. The van der Waals surface area contributed by atoms with E-state index in [-0.39, 0.29) is 23.8 Å². The fourth-order valence-corrected chi connectivity index (χ4v) is 4.13. The van der Waals surface area contributed by atoms with Gasteiger partial charge in [-0.05, 0) is 37.8 Å². The number of carbonyl (C=O) groups excluding carboxylic acids is 2. The number of nitrogens with one attached hydrogen (secondary N) is 1. The number of rotatable bonds is 3. The van der Waals surface area contributed by atoms with Crippen molar-refractivity contribution in [3.05, 3.63) is 54.1 Å². The fourth-order valence-electron chi connectivity index (χ4n) is 4.13. The summed E-state index contributed by atoms with van der Waals surface area (Å²) in [6.45, 7) is 2.09. The Morgan fingerprint density at radius 3 is 2.65 bits per heavy atom. The molecular formula is C20H24N4O2. The molecule has 2 amide bonds. The van der Waals surface area contributed by atoms with Gasteiger partial charge in [0.15, 0.2) is 0 Å². The molecule has 2 aliphatic heterocycles. The number of aromatic nitrogens is 2. The topological polar surface area (TPSA) is 69.3 Å². The van der Waals surface area contributed by atoms with Gasteiger partial charge in [-0.3, -0.25) is 9.59 Å². The zero-order valence-corrected chi connectivity index (χ0v) is 14.8. The van der Waals surface area contributed by atoms with Gasteiger partial charge in [0.25, 0.3) is 5.91 Å². The molecule has 2 aromatic rings. The Bertz CT molecular complexity index is 759. The van der Waals surface area contributed by atoms with Crippen LogP contribution in [0.4, 0.5) is 0 Å². The lowest BCUT2D eigenvalue weighted by Crippen LogP contribution is -2.50. The first-order chi connectivity index (χ1) is 12.7. The molecule has 1 aromatic carbocycles. The highest BCUT2D eigenvalue weighted by atomic mass is 16.2. The minimum Gasteiger partial charge on any atom is -0.348 e. The van der Waals surface area contributed by atoms with Crippen molar-refractivity contribution in [2.45, 2.75) is 37.6 Å². The van der Waals surface area contributed by atoms with Crippen molar-refractivity contribution in [2.24, 2.45) is 0 Å². The Morgan fingerprint density at radius 2 is 1.88 bits per heavy atom. The summed E-state index contributed by atoms with van der Waals surface area (Å²) < 4.78 is 0. The van der Waals surface area contributed by atoms with E-state index in [4.69, 9.17) is 0 Å². The molecule has 4 rings (SSSR count). The molecule has 0 spiro atoms. The molecule has 3 heterocycles. The van der Waals surface area contributed by atoms with E-state index in [1.165, 1.54) is 0 Å². The number of nitrogens with zero attached hydrogens (tertiary/aromatic N) is 3. The molecule has 2 fully saturated rings. The van der Waals surface area contributed by atoms with Crippen LogP contribution in [0.15, 0.2) is 42.7 Å². The van der Waals surface area contributed by atoms with Crippen molar-refractivity contribution in [1.29, 1.82) is 0 Å². The van der Waals surface area contributed by atoms with Gasteiger partial charge in [0, 0.05) is 43.5 Å². The van der Waals surface area contributed by atoms with Gasteiger partial charge < -0.3 is 14.8 Å². The number of benzene rings is 1. The Kier molecular flexibility index (Phi) is 4.73.